The zero-order valence-corrected chi connectivity index (χ0v) is 16.3. The molecule has 0 radical (unpaired) electrons. The van der Waals surface area contributed by atoms with Crippen molar-refractivity contribution in [2.45, 2.75) is 4.21 Å². The van der Waals surface area contributed by atoms with Crippen molar-refractivity contribution in [3.8, 4) is 0 Å². The average Bonchev–Trinajstić information content (AvgIpc) is 3.24. The monoisotopic (exact) mass is 416 g/mol. The normalized spacial score (nSPS) is 10.9. The summed E-state index contributed by atoms with van der Waals surface area (Å²) >= 11 is 1.11. The molecule has 0 saturated heterocycles. The number of hydrogen-bond acceptors (Lipinski definition) is 6. The molecule has 0 unspecified atom stereocenters. The second-order valence-electron chi connectivity index (χ2n) is 5.61. The number of esters is 1. The maximum Gasteiger partial charge on any atom is 0.339 e. The van der Waals surface area contributed by atoms with Crippen molar-refractivity contribution in [1.82, 2.24) is 0 Å². The largest absolute Gasteiger partial charge is 0.465 e. The van der Waals surface area contributed by atoms with E-state index in [1.54, 1.807) is 35.7 Å². The molecule has 1 heterocycles. The van der Waals surface area contributed by atoms with E-state index < -0.39 is 21.9 Å². The van der Waals surface area contributed by atoms with Gasteiger partial charge in [0.2, 0.25) is 0 Å². The van der Waals surface area contributed by atoms with Crippen molar-refractivity contribution in [2.24, 2.45) is 0 Å². The fourth-order valence-corrected chi connectivity index (χ4v) is 4.44. The Kier molecular flexibility index (Phi) is 5.76. The van der Waals surface area contributed by atoms with E-state index in [0.717, 1.165) is 11.3 Å². The molecule has 0 saturated carbocycles. The number of rotatable bonds is 6. The number of para-hydroxylation sites is 1. The zero-order valence-electron chi connectivity index (χ0n) is 14.7. The molecule has 9 heteroatoms. The van der Waals surface area contributed by atoms with Crippen LogP contribution in [0.5, 0.6) is 0 Å². The first-order valence-electron chi connectivity index (χ1n) is 8.06. The van der Waals surface area contributed by atoms with Crippen LogP contribution in [0.15, 0.2) is 70.3 Å². The first-order chi connectivity index (χ1) is 13.4. The number of thiophene rings is 1. The fraction of sp³-hybridized carbons (Fsp3) is 0.0526. The number of ether oxygens (including phenoxy) is 1. The number of methoxy groups -OCH3 is 1. The lowest BCUT2D eigenvalue weighted by Crippen LogP contribution is -2.16. The van der Waals surface area contributed by atoms with Gasteiger partial charge in [-0.1, -0.05) is 18.2 Å². The Morgan fingerprint density at radius 1 is 0.964 bits per heavy atom. The van der Waals surface area contributed by atoms with Crippen LogP contribution in [-0.2, 0) is 14.8 Å². The van der Waals surface area contributed by atoms with E-state index in [9.17, 15) is 18.0 Å². The Morgan fingerprint density at radius 3 is 2.32 bits per heavy atom. The lowest BCUT2D eigenvalue weighted by Gasteiger charge is -2.10. The number of nitrogens with one attached hydrogen (secondary N) is 2. The molecule has 0 aliphatic heterocycles. The topological polar surface area (TPSA) is 102 Å². The summed E-state index contributed by atoms with van der Waals surface area (Å²) in [6.07, 6.45) is 0. The molecular formula is C19H16N2O5S2. The van der Waals surface area contributed by atoms with Gasteiger partial charge in [0, 0.05) is 11.3 Å². The second-order valence-corrected chi connectivity index (χ2v) is 8.46. The quantitative estimate of drug-likeness (QED) is 0.598. The van der Waals surface area contributed by atoms with Crippen molar-refractivity contribution in [3.63, 3.8) is 0 Å². The standard InChI is InChI=1S/C19H16N2O5S2/c1-26-19(23)15-5-2-3-6-16(15)20-18(22)13-8-10-14(11-9-13)21-28(24,25)17-7-4-12-27-17/h2-12,21H,1H3,(H,20,22). The Labute approximate surface area is 166 Å². The first-order valence-corrected chi connectivity index (χ1v) is 10.4. The summed E-state index contributed by atoms with van der Waals surface area (Å²) in [4.78, 5) is 24.2. The molecule has 3 aromatic rings. The molecule has 1 amide bonds. The third-order valence-electron chi connectivity index (χ3n) is 3.74. The Hall–Kier alpha value is -3.17. The van der Waals surface area contributed by atoms with Crippen LogP contribution in [-0.4, -0.2) is 27.4 Å². The lowest BCUT2D eigenvalue weighted by atomic mass is 10.1. The van der Waals surface area contributed by atoms with E-state index in [2.05, 4.69) is 10.0 Å². The summed E-state index contributed by atoms with van der Waals surface area (Å²) in [7, 11) is -2.39. The number of benzene rings is 2. The summed E-state index contributed by atoms with van der Waals surface area (Å²) < 4.78 is 31.8. The van der Waals surface area contributed by atoms with Gasteiger partial charge in [-0.05, 0) is 47.8 Å². The summed E-state index contributed by atoms with van der Waals surface area (Å²) in [6.45, 7) is 0. The van der Waals surface area contributed by atoms with Gasteiger partial charge in [0.15, 0.2) is 0 Å². The van der Waals surface area contributed by atoms with Gasteiger partial charge in [0.05, 0.1) is 18.4 Å². The molecule has 144 valence electrons. The molecule has 0 atom stereocenters. The van der Waals surface area contributed by atoms with Crippen molar-refractivity contribution in [3.05, 3.63) is 77.2 Å². The Morgan fingerprint density at radius 2 is 1.68 bits per heavy atom. The van der Waals surface area contributed by atoms with Crippen LogP contribution in [0.3, 0.4) is 0 Å². The molecule has 2 N–H and O–H groups in total. The molecule has 0 fully saturated rings. The molecule has 0 bridgehead atoms. The number of sulfonamides is 1. The molecule has 28 heavy (non-hydrogen) atoms. The van der Waals surface area contributed by atoms with E-state index in [-0.39, 0.29) is 9.77 Å². The highest BCUT2D eigenvalue weighted by Gasteiger charge is 2.16. The maximum atomic E-state index is 12.5. The number of hydrogen-bond donors (Lipinski definition) is 2. The fourth-order valence-electron chi connectivity index (χ4n) is 2.39. The van der Waals surface area contributed by atoms with Crippen molar-refractivity contribution in [2.75, 3.05) is 17.1 Å². The lowest BCUT2D eigenvalue weighted by molar-refractivity contribution is 0.0602. The van der Waals surface area contributed by atoms with Gasteiger partial charge in [0.1, 0.15) is 4.21 Å². The third kappa shape index (κ3) is 4.38. The van der Waals surface area contributed by atoms with Crippen molar-refractivity contribution in [1.29, 1.82) is 0 Å². The molecule has 0 spiro atoms. The van der Waals surface area contributed by atoms with Gasteiger partial charge >= 0.3 is 5.97 Å². The number of carbonyl (C=O) groups is 2. The van der Waals surface area contributed by atoms with Gasteiger partial charge in [-0.2, -0.15) is 0 Å². The van der Waals surface area contributed by atoms with Gasteiger partial charge in [0.25, 0.3) is 15.9 Å². The predicted molar refractivity (Wildman–Crippen MR) is 107 cm³/mol. The van der Waals surface area contributed by atoms with Gasteiger partial charge in [-0.15, -0.1) is 11.3 Å². The highest BCUT2D eigenvalue weighted by Crippen LogP contribution is 2.21. The molecule has 1 aromatic heterocycles. The van der Waals surface area contributed by atoms with E-state index in [0.29, 0.717) is 16.9 Å². The predicted octanol–water partition coefficient (Wildman–Crippen LogP) is 3.59. The summed E-state index contributed by atoms with van der Waals surface area (Å²) in [5, 5.41) is 4.33. The van der Waals surface area contributed by atoms with Crippen LogP contribution in [0.1, 0.15) is 20.7 Å². The number of amides is 1. The smallest absolute Gasteiger partial charge is 0.339 e. The molecule has 0 aliphatic carbocycles. The molecular weight excluding hydrogens is 400 g/mol. The minimum atomic E-state index is -3.65. The second kappa shape index (κ2) is 8.24. The van der Waals surface area contributed by atoms with Crippen LogP contribution in [0.4, 0.5) is 11.4 Å². The van der Waals surface area contributed by atoms with Gasteiger partial charge in [-0.3, -0.25) is 9.52 Å². The van der Waals surface area contributed by atoms with Crippen LogP contribution in [0.25, 0.3) is 0 Å². The Bertz CT molecular complexity index is 1090. The van der Waals surface area contributed by atoms with Crippen LogP contribution in [0, 0.1) is 0 Å². The SMILES string of the molecule is COC(=O)c1ccccc1NC(=O)c1ccc(NS(=O)(=O)c2cccs2)cc1. The highest BCUT2D eigenvalue weighted by molar-refractivity contribution is 7.94. The van der Waals surface area contributed by atoms with Crippen LogP contribution in [0.2, 0.25) is 0 Å². The van der Waals surface area contributed by atoms with Crippen LogP contribution < -0.4 is 10.0 Å². The summed E-state index contributed by atoms with van der Waals surface area (Å²) in [5.74, 6) is -1.00. The summed E-state index contributed by atoms with van der Waals surface area (Å²) in [6, 6.07) is 15.6. The summed E-state index contributed by atoms with van der Waals surface area (Å²) in [5.41, 5.74) is 1.19. The molecule has 0 aliphatic rings. The maximum absolute atomic E-state index is 12.5. The molecule has 7 nitrogen and oxygen atoms in total. The van der Waals surface area contributed by atoms with E-state index >= 15 is 0 Å². The minimum absolute atomic E-state index is 0.203. The van der Waals surface area contributed by atoms with Crippen molar-refractivity contribution < 1.29 is 22.7 Å². The molecule has 3 rings (SSSR count). The third-order valence-corrected chi connectivity index (χ3v) is 6.52. The van der Waals surface area contributed by atoms with Crippen molar-refractivity contribution >= 4 is 44.6 Å². The van der Waals surface area contributed by atoms with E-state index in [1.165, 1.54) is 37.4 Å². The van der Waals surface area contributed by atoms with Gasteiger partial charge < -0.3 is 10.1 Å². The Balaban J connectivity index is 1.74. The molecule has 2 aromatic carbocycles. The van der Waals surface area contributed by atoms with E-state index in [1.807, 2.05) is 0 Å². The first kappa shape index (κ1) is 19.6. The number of anilines is 2. The number of carbonyl (C=O) groups excluding carboxylic acids is 2. The van der Waals surface area contributed by atoms with Crippen LogP contribution >= 0.6 is 11.3 Å². The average molecular weight is 416 g/mol. The highest BCUT2D eigenvalue weighted by atomic mass is 32.2. The minimum Gasteiger partial charge on any atom is -0.465 e. The van der Waals surface area contributed by atoms with Gasteiger partial charge in [-0.25, -0.2) is 13.2 Å². The zero-order chi connectivity index (χ0) is 20.1. The van der Waals surface area contributed by atoms with E-state index in [4.69, 9.17) is 4.74 Å².